The Morgan fingerprint density at radius 1 is 1.11 bits per heavy atom. The van der Waals surface area contributed by atoms with Crippen molar-refractivity contribution in [3.8, 4) is 11.1 Å². The zero-order chi connectivity index (χ0) is 25.9. The molecular weight excluding hydrogens is 464 g/mol. The number of fused-ring (bicyclic) bond motifs is 1. The summed E-state index contributed by atoms with van der Waals surface area (Å²) in [6.45, 7) is 7.78. The van der Waals surface area contributed by atoms with Crippen molar-refractivity contribution in [2.45, 2.75) is 45.7 Å². The molecule has 8 nitrogen and oxygen atoms in total. The Hall–Kier alpha value is -3.78. The van der Waals surface area contributed by atoms with E-state index >= 15 is 0 Å². The minimum atomic E-state index is 0.0526. The number of hydrogen-bond donors (Lipinski definition) is 1. The van der Waals surface area contributed by atoms with Crippen molar-refractivity contribution in [3.05, 3.63) is 71.8 Å². The summed E-state index contributed by atoms with van der Waals surface area (Å²) in [5.74, 6) is 1.62. The van der Waals surface area contributed by atoms with E-state index in [1.165, 1.54) is 11.1 Å². The van der Waals surface area contributed by atoms with Crippen LogP contribution in [0.25, 0.3) is 22.0 Å². The number of aromatic nitrogens is 4. The number of likely N-dealkylation sites (tertiary alicyclic amines) is 1. The van der Waals surface area contributed by atoms with Crippen LogP contribution in [0.2, 0.25) is 0 Å². The quantitative estimate of drug-likeness (QED) is 0.382. The van der Waals surface area contributed by atoms with Gasteiger partial charge in [0.05, 0.1) is 17.8 Å². The van der Waals surface area contributed by atoms with Crippen LogP contribution in [-0.4, -0.2) is 57.4 Å². The summed E-state index contributed by atoms with van der Waals surface area (Å²) in [7, 11) is 1.56. The molecule has 37 heavy (non-hydrogen) atoms. The molecule has 1 amide bonds. The molecule has 0 aliphatic carbocycles. The van der Waals surface area contributed by atoms with Crippen molar-refractivity contribution in [1.82, 2.24) is 24.6 Å². The van der Waals surface area contributed by atoms with Crippen molar-refractivity contribution in [2.75, 3.05) is 32.1 Å². The Labute approximate surface area is 217 Å². The highest BCUT2D eigenvalue weighted by Gasteiger charge is 2.24. The van der Waals surface area contributed by atoms with Crippen LogP contribution in [0.1, 0.15) is 48.8 Å². The third kappa shape index (κ3) is 5.49. The second kappa shape index (κ2) is 10.7. The van der Waals surface area contributed by atoms with Gasteiger partial charge in [0.15, 0.2) is 0 Å². The number of carbonyl (C=O) groups is 1. The lowest BCUT2D eigenvalue weighted by molar-refractivity contribution is -0.136. The lowest BCUT2D eigenvalue weighted by atomic mass is 10.0. The van der Waals surface area contributed by atoms with Crippen molar-refractivity contribution in [2.24, 2.45) is 0 Å². The van der Waals surface area contributed by atoms with Crippen LogP contribution in [0.15, 0.2) is 54.9 Å². The van der Waals surface area contributed by atoms with Crippen LogP contribution in [0, 0.1) is 13.8 Å². The van der Waals surface area contributed by atoms with Gasteiger partial charge in [-0.15, -0.1) is 0 Å². The summed E-state index contributed by atoms with van der Waals surface area (Å²) >= 11 is 0. The van der Waals surface area contributed by atoms with Gasteiger partial charge in [0, 0.05) is 43.4 Å². The van der Waals surface area contributed by atoms with Gasteiger partial charge in [0.1, 0.15) is 18.2 Å². The van der Waals surface area contributed by atoms with Gasteiger partial charge in [0.2, 0.25) is 5.91 Å². The number of rotatable bonds is 7. The summed E-state index contributed by atoms with van der Waals surface area (Å²) < 4.78 is 7.04. The molecule has 192 valence electrons. The SMILES string of the molecule is COCC(=O)N1CCC(n2cc(-c3ccc4nc(C)nc(N[C@@H](C)c5cccc(C)c5)c4c3)cn2)CC1. The Balaban J connectivity index is 1.37. The third-order valence-electron chi connectivity index (χ3n) is 7.10. The predicted octanol–water partition coefficient (Wildman–Crippen LogP) is 5.09. The number of aryl methyl sites for hydroxylation is 2. The van der Waals surface area contributed by atoms with Crippen LogP contribution in [0.4, 0.5) is 5.82 Å². The predicted molar refractivity (Wildman–Crippen MR) is 145 cm³/mol. The average Bonchev–Trinajstić information content (AvgIpc) is 3.39. The summed E-state index contributed by atoms with van der Waals surface area (Å²) in [4.78, 5) is 23.4. The molecule has 0 unspecified atom stereocenters. The van der Waals surface area contributed by atoms with Crippen molar-refractivity contribution >= 4 is 22.6 Å². The summed E-state index contributed by atoms with van der Waals surface area (Å²) in [5.41, 5.74) is 5.50. The number of anilines is 1. The molecule has 0 spiro atoms. The van der Waals surface area contributed by atoms with E-state index in [4.69, 9.17) is 9.72 Å². The fourth-order valence-corrected chi connectivity index (χ4v) is 5.04. The van der Waals surface area contributed by atoms with Crippen LogP contribution < -0.4 is 5.32 Å². The molecule has 1 aliphatic heterocycles. The number of ether oxygens (including phenoxy) is 1. The molecule has 8 heteroatoms. The van der Waals surface area contributed by atoms with E-state index in [2.05, 4.69) is 77.9 Å². The zero-order valence-electron chi connectivity index (χ0n) is 21.9. The number of hydrogen-bond acceptors (Lipinski definition) is 6. The largest absolute Gasteiger partial charge is 0.375 e. The van der Waals surface area contributed by atoms with Gasteiger partial charge < -0.3 is 15.0 Å². The third-order valence-corrected chi connectivity index (χ3v) is 7.10. The monoisotopic (exact) mass is 498 g/mol. The maximum Gasteiger partial charge on any atom is 0.248 e. The van der Waals surface area contributed by atoms with E-state index in [1.54, 1.807) is 7.11 Å². The molecule has 0 saturated carbocycles. The van der Waals surface area contributed by atoms with Gasteiger partial charge in [-0.2, -0.15) is 5.10 Å². The first-order chi connectivity index (χ1) is 17.9. The van der Waals surface area contributed by atoms with Gasteiger partial charge in [-0.05, 0) is 56.9 Å². The second-order valence-corrected chi connectivity index (χ2v) is 9.89. The van der Waals surface area contributed by atoms with E-state index in [-0.39, 0.29) is 24.6 Å². The Kier molecular flexibility index (Phi) is 7.19. The second-order valence-electron chi connectivity index (χ2n) is 9.89. The minimum absolute atomic E-state index is 0.0526. The molecule has 1 atom stereocenters. The molecule has 5 rings (SSSR count). The molecule has 3 heterocycles. The Bertz CT molecular complexity index is 1410. The number of amides is 1. The lowest BCUT2D eigenvalue weighted by Gasteiger charge is -2.32. The number of nitrogens with one attached hydrogen (secondary N) is 1. The van der Waals surface area contributed by atoms with Gasteiger partial charge in [-0.3, -0.25) is 9.48 Å². The smallest absolute Gasteiger partial charge is 0.248 e. The minimum Gasteiger partial charge on any atom is -0.375 e. The first kappa shape index (κ1) is 24.9. The number of methoxy groups -OCH3 is 1. The average molecular weight is 499 g/mol. The van der Waals surface area contributed by atoms with Gasteiger partial charge in [-0.1, -0.05) is 35.9 Å². The van der Waals surface area contributed by atoms with Crippen LogP contribution in [0.5, 0.6) is 0 Å². The molecule has 0 bridgehead atoms. The summed E-state index contributed by atoms with van der Waals surface area (Å²) in [6.07, 6.45) is 5.79. The summed E-state index contributed by atoms with van der Waals surface area (Å²) in [6, 6.07) is 15.2. The van der Waals surface area contributed by atoms with Crippen LogP contribution >= 0.6 is 0 Å². The zero-order valence-corrected chi connectivity index (χ0v) is 21.9. The molecule has 1 fully saturated rings. The fourth-order valence-electron chi connectivity index (χ4n) is 5.04. The van der Waals surface area contributed by atoms with Crippen LogP contribution in [0.3, 0.4) is 0 Å². The topological polar surface area (TPSA) is 85.2 Å². The highest BCUT2D eigenvalue weighted by molar-refractivity contribution is 5.92. The van der Waals surface area contributed by atoms with E-state index in [0.29, 0.717) is 0 Å². The highest BCUT2D eigenvalue weighted by atomic mass is 16.5. The fraction of sp³-hybridized carbons (Fsp3) is 0.379. The molecule has 2 aromatic heterocycles. The molecule has 1 saturated heterocycles. The van der Waals surface area contributed by atoms with Gasteiger partial charge in [-0.25, -0.2) is 9.97 Å². The van der Waals surface area contributed by atoms with E-state index < -0.39 is 0 Å². The van der Waals surface area contributed by atoms with Gasteiger partial charge in [0.25, 0.3) is 0 Å². The standard InChI is InChI=1S/C29H34N6O2/c1-19-6-5-7-22(14-19)20(2)31-29-26-15-23(8-9-27(26)32-21(3)33-29)24-16-30-35(17-24)25-10-12-34(13-11-25)28(36)18-37-4/h5-9,14-17,20,25H,10-13,18H2,1-4H3,(H,31,32,33)/t20-/m0/s1. The molecule has 0 radical (unpaired) electrons. The Morgan fingerprint density at radius 2 is 1.92 bits per heavy atom. The van der Waals surface area contributed by atoms with Crippen molar-refractivity contribution in [1.29, 1.82) is 0 Å². The molecule has 2 aromatic carbocycles. The Morgan fingerprint density at radius 3 is 2.68 bits per heavy atom. The number of carbonyl (C=O) groups excluding carboxylic acids is 1. The van der Waals surface area contributed by atoms with Gasteiger partial charge >= 0.3 is 0 Å². The van der Waals surface area contributed by atoms with E-state index in [9.17, 15) is 4.79 Å². The van der Waals surface area contributed by atoms with E-state index in [1.807, 2.05) is 22.7 Å². The maximum atomic E-state index is 12.1. The summed E-state index contributed by atoms with van der Waals surface area (Å²) in [5, 5.41) is 9.28. The van der Waals surface area contributed by atoms with E-state index in [0.717, 1.165) is 59.6 Å². The molecule has 1 N–H and O–H groups in total. The molecular formula is C29H34N6O2. The highest BCUT2D eigenvalue weighted by Crippen LogP contribution is 2.31. The van der Waals surface area contributed by atoms with Crippen LogP contribution in [-0.2, 0) is 9.53 Å². The first-order valence-corrected chi connectivity index (χ1v) is 12.8. The number of nitrogens with zero attached hydrogens (tertiary/aromatic N) is 5. The lowest BCUT2D eigenvalue weighted by Crippen LogP contribution is -2.40. The number of piperidine rings is 1. The molecule has 4 aromatic rings. The number of benzene rings is 2. The first-order valence-electron chi connectivity index (χ1n) is 12.8. The maximum absolute atomic E-state index is 12.1. The molecule has 1 aliphatic rings. The van der Waals surface area contributed by atoms with Crippen molar-refractivity contribution in [3.63, 3.8) is 0 Å². The normalized spacial score (nSPS) is 15.2. The van der Waals surface area contributed by atoms with Crippen molar-refractivity contribution < 1.29 is 9.53 Å².